The average Bonchev–Trinajstić information content (AvgIpc) is 2.49. The molecule has 0 saturated heterocycles. The van der Waals surface area contributed by atoms with Crippen LogP contribution in [0.3, 0.4) is 0 Å². The molecule has 26 heavy (non-hydrogen) atoms. The highest BCUT2D eigenvalue weighted by Gasteiger charge is 2.01. The molecule has 0 aromatic heterocycles. The topological polar surface area (TPSA) is 69.2 Å². The van der Waals surface area contributed by atoms with Crippen molar-refractivity contribution in [3.63, 3.8) is 0 Å². The third-order valence-electron chi connectivity index (χ3n) is 2.25. The van der Waals surface area contributed by atoms with Gasteiger partial charge in [-0.25, -0.2) is 0 Å². The zero-order valence-corrected chi connectivity index (χ0v) is 23.7. The second kappa shape index (κ2) is 22.6. The Labute approximate surface area is 222 Å². The number of rotatable bonds is 1. The molecule has 0 fully saturated rings. The van der Waals surface area contributed by atoms with E-state index in [0.29, 0.717) is 0 Å². The van der Waals surface area contributed by atoms with Gasteiger partial charge < -0.3 is 5.73 Å². The van der Waals surface area contributed by atoms with Gasteiger partial charge in [-0.2, -0.15) is 0 Å². The Bertz CT molecular complexity index is 579. The predicted octanol–water partition coefficient (Wildman–Crippen LogP) is 9.10. The molecule has 150 valence electrons. The van der Waals surface area contributed by atoms with Gasteiger partial charge in [0, 0.05) is 55.1 Å². The summed E-state index contributed by atoms with van der Waals surface area (Å²) in [6, 6.07) is 14.3. The van der Waals surface area contributed by atoms with Crippen LogP contribution in [0.25, 0.3) is 0 Å². The number of hydrogen-bond donors (Lipinski definition) is 1. The van der Waals surface area contributed by atoms with Crippen LogP contribution >= 0.6 is 105 Å². The molecule has 0 aliphatic heterocycles. The summed E-state index contributed by atoms with van der Waals surface area (Å²) < 4.78 is 0.743. The molecule has 0 bridgehead atoms. The summed E-state index contributed by atoms with van der Waals surface area (Å²) in [7, 11) is 0. The van der Waals surface area contributed by atoms with Crippen LogP contribution in [-0.4, -0.2) is 4.86 Å². The van der Waals surface area contributed by atoms with Crippen molar-refractivity contribution < 1.29 is 4.92 Å². The average molecular weight is 924 g/mol. The first-order valence-corrected chi connectivity index (χ1v) is 16.3. The number of nitro groups is 1. The monoisotopic (exact) mass is 924 g/mol. The fourth-order valence-electron chi connectivity index (χ4n) is 1.41. The van der Waals surface area contributed by atoms with Gasteiger partial charge >= 0.3 is 0 Å². The number of nitrogens with two attached hydrogens (primary N) is 1. The molecular formula is C17H25I5N2O2. The molecule has 2 aromatic rings. The molecule has 0 spiro atoms. The maximum atomic E-state index is 10.2. The number of alkyl halides is 3. The van der Waals surface area contributed by atoms with Gasteiger partial charge in [-0.15, -0.1) is 0 Å². The van der Waals surface area contributed by atoms with E-state index >= 15 is 0 Å². The number of hydrogen-bond acceptors (Lipinski definition) is 3. The molecule has 0 unspecified atom stereocenters. The second-order valence-electron chi connectivity index (χ2n) is 4.26. The molecule has 2 rings (SSSR count). The summed E-state index contributed by atoms with van der Waals surface area (Å²) in [5, 5.41) is 10.2. The highest BCUT2D eigenvalue weighted by Crippen LogP contribution is 2.16. The molecule has 2 N–H and O–H groups in total. The van der Waals surface area contributed by atoms with Gasteiger partial charge in [0.2, 0.25) is 0 Å². The van der Waals surface area contributed by atoms with Crippen LogP contribution in [0.4, 0.5) is 11.4 Å². The third-order valence-corrected chi connectivity index (χ3v) is 2.25. The summed E-state index contributed by atoms with van der Waals surface area (Å²) in [6.45, 7) is 3.85. The standard InChI is InChI=1S/C7H7NO2.C7H9N.CHI3.2CH4.I2/c1-6-3-2-4-7(5-6)8(9)10;1-6-3-2-4-7(8)5-6;2-1(3)4;;;1-2/h2-5H,1H3;2-5H,8H2,1H3;1H;2*1H4;. The van der Waals surface area contributed by atoms with Gasteiger partial charge in [0.1, 0.15) is -0.0619 Å². The van der Waals surface area contributed by atoms with E-state index in [-0.39, 0.29) is 20.5 Å². The molecule has 0 aliphatic rings. The number of nitro benzene ring substituents is 1. The van der Waals surface area contributed by atoms with Crippen molar-refractivity contribution in [1.82, 2.24) is 0 Å². The number of halogens is 5. The van der Waals surface area contributed by atoms with Gasteiger partial charge in [-0.3, -0.25) is 10.1 Å². The Balaban J connectivity index is -0.000000137. The Morgan fingerprint density at radius 3 is 1.54 bits per heavy atom. The first-order chi connectivity index (χ1) is 11.2. The quantitative estimate of drug-likeness (QED) is 0.102. The highest BCUT2D eigenvalue weighted by atomic mass is 128. The first kappa shape index (κ1) is 34.8. The van der Waals surface area contributed by atoms with E-state index in [2.05, 4.69) is 105 Å². The largest absolute Gasteiger partial charge is 0.399 e. The number of non-ortho nitro benzene ring substituents is 1. The van der Waals surface area contributed by atoms with Crippen LogP contribution < -0.4 is 5.73 Å². The Morgan fingerprint density at radius 2 is 1.31 bits per heavy atom. The number of nitrogens with zero attached hydrogens (tertiary/aromatic N) is 1. The van der Waals surface area contributed by atoms with Gasteiger partial charge in [-0.05, 0) is 37.1 Å². The van der Waals surface area contributed by atoms with Gasteiger partial charge in [-0.1, -0.05) is 107 Å². The Morgan fingerprint density at radius 1 is 0.923 bits per heavy atom. The lowest BCUT2D eigenvalue weighted by molar-refractivity contribution is -0.384. The fraction of sp³-hybridized carbons (Fsp3) is 0.294. The van der Waals surface area contributed by atoms with Gasteiger partial charge in [0.25, 0.3) is 5.69 Å². The molecule has 9 heteroatoms. The minimum Gasteiger partial charge on any atom is -0.399 e. The molecule has 0 amide bonds. The number of benzene rings is 2. The highest BCUT2D eigenvalue weighted by molar-refractivity contribution is 15.0. The van der Waals surface area contributed by atoms with Gasteiger partial charge in [0.05, 0.1) is 4.92 Å². The summed E-state index contributed by atoms with van der Waals surface area (Å²) in [5.41, 5.74) is 8.57. The zero-order chi connectivity index (χ0) is 19.1. The van der Waals surface area contributed by atoms with Crippen molar-refractivity contribution >= 4 is 116 Å². The second-order valence-corrected chi connectivity index (χ2v) is 15.1. The third kappa shape index (κ3) is 23.3. The summed E-state index contributed by atoms with van der Waals surface area (Å²) in [4.78, 5) is 9.76. The van der Waals surface area contributed by atoms with Crippen LogP contribution in [0.5, 0.6) is 0 Å². The molecule has 0 atom stereocenters. The van der Waals surface area contributed by atoms with Crippen molar-refractivity contribution in [3.05, 3.63) is 69.8 Å². The molecule has 0 saturated carbocycles. The molecule has 4 nitrogen and oxygen atoms in total. The van der Waals surface area contributed by atoms with Crippen molar-refractivity contribution in [2.75, 3.05) is 5.73 Å². The zero-order valence-electron chi connectivity index (χ0n) is 12.9. The van der Waals surface area contributed by atoms with E-state index in [1.807, 2.05) is 44.2 Å². The van der Waals surface area contributed by atoms with Crippen LogP contribution in [0.2, 0.25) is 0 Å². The smallest absolute Gasteiger partial charge is 0.269 e. The normalized spacial score (nSPS) is 8.00. The SMILES string of the molecule is C.C.Cc1cccc(N)c1.Cc1cccc([N+](=O)[O-])c1.IC(I)I.II. The van der Waals surface area contributed by atoms with Crippen LogP contribution in [0.15, 0.2) is 48.5 Å². The number of anilines is 1. The van der Waals surface area contributed by atoms with E-state index in [4.69, 9.17) is 5.73 Å². The fourth-order valence-corrected chi connectivity index (χ4v) is 1.41. The Kier molecular flexibility index (Phi) is 30.2. The van der Waals surface area contributed by atoms with Gasteiger partial charge in [0.15, 0.2) is 0 Å². The summed E-state index contributed by atoms with van der Waals surface area (Å²) in [5.74, 6) is 0. The van der Waals surface area contributed by atoms with E-state index < -0.39 is 4.92 Å². The molecule has 2 aromatic carbocycles. The molecule has 0 heterocycles. The first-order valence-electron chi connectivity index (χ1n) is 6.32. The summed E-state index contributed by atoms with van der Waals surface area (Å²) in [6.07, 6.45) is 0. The number of nitrogen functional groups attached to an aromatic ring is 1. The van der Waals surface area contributed by atoms with Crippen LogP contribution in [-0.2, 0) is 0 Å². The number of aryl methyl sites for hydroxylation is 2. The molecule has 0 aliphatic carbocycles. The van der Waals surface area contributed by atoms with Crippen molar-refractivity contribution in [1.29, 1.82) is 0 Å². The Hall–Kier alpha value is 1.29. The maximum absolute atomic E-state index is 10.2. The lowest BCUT2D eigenvalue weighted by atomic mass is 10.2. The summed E-state index contributed by atoms with van der Waals surface area (Å²) >= 11 is 11.2. The lowest BCUT2D eigenvalue weighted by Crippen LogP contribution is -1.86. The van der Waals surface area contributed by atoms with Crippen molar-refractivity contribution in [2.45, 2.75) is 28.6 Å². The maximum Gasteiger partial charge on any atom is 0.269 e. The van der Waals surface area contributed by atoms with Crippen molar-refractivity contribution in [2.24, 2.45) is 0 Å². The predicted molar refractivity (Wildman–Crippen MR) is 161 cm³/mol. The van der Waals surface area contributed by atoms with E-state index in [9.17, 15) is 10.1 Å². The molecule has 0 radical (unpaired) electrons. The minimum absolute atomic E-state index is 0. The molecular weight excluding hydrogens is 899 g/mol. The minimum atomic E-state index is -0.396. The van der Waals surface area contributed by atoms with Crippen LogP contribution in [0, 0.1) is 24.0 Å². The van der Waals surface area contributed by atoms with E-state index in [0.717, 1.165) is 11.2 Å². The van der Waals surface area contributed by atoms with Crippen LogP contribution in [0.1, 0.15) is 26.0 Å². The van der Waals surface area contributed by atoms with E-state index in [1.54, 1.807) is 12.1 Å². The van der Waals surface area contributed by atoms with Crippen molar-refractivity contribution in [3.8, 4) is 0 Å². The lowest BCUT2D eigenvalue weighted by Gasteiger charge is -1.91. The van der Waals surface area contributed by atoms with E-state index in [1.165, 1.54) is 11.6 Å².